The average molecular weight is 327 g/mol. The minimum absolute atomic E-state index is 0.399. The maximum absolute atomic E-state index is 2.65. The summed E-state index contributed by atoms with van der Waals surface area (Å²) in [5.41, 5.74) is 0. The summed E-state index contributed by atoms with van der Waals surface area (Å²) in [7, 11) is 2.11. The summed E-state index contributed by atoms with van der Waals surface area (Å²) in [5.74, 6) is 4.52. The molecule has 2 heteroatoms. The van der Waals surface area contributed by atoms with Crippen LogP contribution in [0.25, 0.3) is 0 Å². The third kappa shape index (κ3) is 2.93. The summed E-state index contributed by atoms with van der Waals surface area (Å²) in [6.45, 7) is 0. The molecule has 21 heavy (non-hydrogen) atoms. The Morgan fingerprint density at radius 1 is 0.714 bits per heavy atom. The molecular formula is C19H34S2. The highest BCUT2D eigenvalue weighted by atomic mass is 33.2. The highest BCUT2D eigenvalue weighted by Crippen LogP contribution is 2.67. The van der Waals surface area contributed by atoms with Crippen molar-refractivity contribution in [2.75, 3.05) is 12.5 Å². The fourth-order valence-corrected chi connectivity index (χ4v) is 12.8. The Bertz CT molecular complexity index is 372. The zero-order valence-electron chi connectivity index (χ0n) is 14.1. The third-order valence-electron chi connectivity index (χ3n) is 7.38. The summed E-state index contributed by atoms with van der Waals surface area (Å²) in [5, 5.41) is 2.13. The van der Waals surface area contributed by atoms with Gasteiger partial charge in [0.2, 0.25) is 0 Å². The monoisotopic (exact) mass is 326 g/mol. The fraction of sp³-hybridized carbons (Fsp3) is 1.00. The first-order chi connectivity index (χ1) is 10.1. The first-order valence-electron chi connectivity index (χ1n) is 9.54. The molecule has 0 bridgehead atoms. The van der Waals surface area contributed by atoms with Crippen molar-refractivity contribution >= 4 is 19.9 Å². The Kier molecular flexibility index (Phi) is 4.33. The second kappa shape index (κ2) is 5.96. The van der Waals surface area contributed by atoms with Gasteiger partial charge in [0.15, 0.2) is 0 Å². The Balaban J connectivity index is 1.41. The van der Waals surface area contributed by atoms with Crippen LogP contribution in [0.1, 0.15) is 70.6 Å². The third-order valence-corrected chi connectivity index (χ3v) is 13.8. The van der Waals surface area contributed by atoms with E-state index in [-0.39, 0.29) is 0 Å². The van der Waals surface area contributed by atoms with E-state index >= 15 is 0 Å². The van der Waals surface area contributed by atoms with Crippen LogP contribution in [0.4, 0.5) is 0 Å². The summed E-state index contributed by atoms with van der Waals surface area (Å²) in [4.78, 5) is 0. The number of hydrogen-bond donors (Lipinski definition) is 0. The molecule has 0 spiro atoms. The zero-order chi connectivity index (χ0) is 14.4. The molecule has 4 fully saturated rings. The molecule has 5 atom stereocenters. The minimum atomic E-state index is -0.399. The van der Waals surface area contributed by atoms with Crippen molar-refractivity contribution in [2.45, 2.75) is 81.1 Å². The molecule has 4 aliphatic rings. The van der Waals surface area contributed by atoms with Crippen molar-refractivity contribution in [3.63, 3.8) is 0 Å². The van der Waals surface area contributed by atoms with Crippen molar-refractivity contribution in [3.8, 4) is 0 Å². The van der Waals surface area contributed by atoms with Crippen LogP contribution < -0.4 is 0 Å². The van der Waals surface area contributed by atoms with Crippen molar-refractivity contribution in [2.24, 2.45) is 23.7 Å². The molecule has 0 aromatic carbocycles. The zero-order valence-corrected chi connectivity index (χ0v) is 15.7. The van der Waals surface area contributed by atoms with Gasteiger partial charge in [0, 0.05) is 5.25 Å². The molecule has 4 aliphatic carbocycles. The van der Waals surface area contributed by atoms with Gasteiger partial charge in [-0.25, -0.2) is 0 Å². The van der Waals surface area contributed by atoms with E-state index < -0.39 is 9.06 Å². The summed E-state index contributed by atoms with van der Waals surface area (Å²) < 4.78 is 0. The summed E-state index contributed by atoms with van der Waals surface area (Å²) in [6, 6.07) is 0. The van der Waals surface area contributed by atoms with Gasteiger partial charge >= 0.3 is 0 Å². The lowest BCUT2D eigenvalue weighted by Crippen LogP contribution is -2.30. The molecule has 4 rings (SSSR count). The van der Waals surface area contributed by atoms with Crippen LogP contribution in [-0.4, -0.2) is 23.0 Å². The topological polar surface area (TPSA) is 0 Å². The van der Waals surface area contributed by atoms with E-state index in [0.29, 0.717) is 0 Å². The van der Waals surface area contributed by atoms with E-state index in [4.69, 9.17) is 0 Å². The Morgan fingerprint density at radius 2 is 1.43 bits per heavy atom. The van der Waals surface area contributed by atoms with E-state index in [2.05, 4.69) is 23.3 Å². The van der Waals surface area contributed by atoms with Crippen molar-refractivity contribution in [3.05, 3.63) is 0 Å². The van der Waals surface area contributed by atoms with Crippen LogP contribution in [0.15, 0.2) is 0 Å². The van der Waals surface area contributed by atoms with Gasteiger partial charge in [0.1, 0.15) is 0 Å². The molecule has 0 nitrogen and oxygen atoms in total. The number of hydrogen-bond acceptors (Lipinski definition) is 1. The van der Waals surface area contributed by atoms with E-state index in [9.17, 15) is 0 Å². The molecule has 0 aliphatic heterocycles. The number of fused-ring (bicyclic) bond motifs is 2. The van der Waals surface area contributed by atoms with Crippen LogP contribution in [0.2, 0.25) is 0 Å². The molecule has 0 radical (unpaired) electrons. The normalized spacial score (nSPS) is 44.8. The predicted molar refractivity (Wildman–Crippen MR) is 99.4 cm³/mol. The van der Waals surface area contributed by atoms with Gasteiger partial charge in [0.25, 0.3) is 0 Å². The molecule has 0 aromatic heterocycles. The molecule has 4 saturated carbocycles. The maximum atomic E-state index is 2.65. The Labute approximate surface area is 137 Å². The lowest BCUT2D eigenvalue weighted by atomic mass is 9.71. The quantitative estimate of drug-likeness (QED) is 0.553. The molecule has 0 amide bonds. The lowest BCUT2D eigenvalue weighted by molar-refractivity contribution is 0.159. The van der Waals surface area contributed by atoms with Crippen LogP contribution >= 0.6 is 19.9 Å². The SMILES string of the molecule is CS(C)(SC1CCC2CC3CCCC3CC21)C1CCCC1. The first-order valence-corrected chi connectivity index (χ1v) is 13.4. The fourth-order valence-electron chi connectivity index (χ4n) is 6.19. The van der Waals surface area contributed by atoms with Crippen LogP contribution in [0, 0.1) is 23.7 Å². The van der Waals surface area contributed by atoms with Gasteiger partial charge in [0.05, 0.1) is 0 Å². The molecular weight excluding hydrogens is 292 g/mol. The van der Waals surface area contributed by atoms with Crippen molar-refractivity contribution in [1.82, 2.24) is 0 Å². The van der Waals surface area contributed by atoms with Crippen LogP contribution in [0.5, 0.6) is 0 Å². The summed E-state index contributed by atoms with van der Waals surface area (Å²) in [6.07, 6.45) is 22.5. The lowest BCUT2D eigenvalue weighted by Gasteiger charge is -2.43. The van der Waals surface area contributed by atoms with Gasteiger partial charge in [-0.3, -0.25) is 0 Å². The van der Waals surface area contributed by atoms with Crippen LogP contribution in [-0.2, 0) is 0 Å². The second-order valence-corrected chi connectivity index (χ2v) is 16.0. The average Bonchev–Trinajstić information content (AvgIpc) is 3.16. The Morgan fingerprint density at radius 3 is 2.19 bits per heavy atom. The van der Waals surface area contributed by atoms with E-state index in [1.54, 1.807) is 57.8 Å². The molecule has 0 aromatic rings. The molecule has 0 N–H and O–H groups in total. The van der Waals surface area contributed by atoms with E-state index in [1.807, 2.05) is 0 Å². The minimum Gasteiger partial charge on any atom is -0.195 e. The number of rotatable bonds is 3. The second-order valence-electron chi connectivity index (χ2n) is 8.77. The van der Waals surface area contributed by atoms with Crippen molar-refractivity contribution < 1.29 is 0 Å². The maximum Gasteiger partial charge on any atom is 0.0167 e. The smallest absolute Gasteiger partial charge is 0.0167 e. The van der Waals surface area contributed by atoms with Gasteiger partial charge in [-0.2, -0.15) is 9.06 Å². The van der Waals surface area contributed by atoms with Gasteiger partial charge in [-0.15, -0.1) is 10.8 Å². The Hall–Kier alpha value is 0.700. The first kappa shape index (κ1) is 15.2. The largest absolute Gasteiger partial charge is 0.195 e. The van der Waals surface area contributed by atoms with Crippen molar-refractivity contribution in [1.29, 1.82) is 0 Å². The molecule has 0 heterocycles. The summed E-state index contributed by atoms with van der Waals surface area (Å²) >= 11 is 0. The molecule has 122 valence electrons. The standard InChI is InChI=1S/C19H34S2/c1-21(2,17-8-3-4-9-17)20-19-11-10-16-12-14-6-5-7-15(14)13-18(16)19/h14-19H,3-13H2,1-2H3. The molecule has 0 saturated heterocycles. The van der Waals surface area contributed by atoms with Crippen LogP contribution in [0.3, 0.4) is 0 Å². The highest BCUT2D eigenvalue weighted by Gasteiger charge is 2.47. The highest BCUT2D eigenvalue weighted by molar-refractivity contribution is 8.94. The van der Waals surface area contributed by atoms with Gasteiger partial charge in [-0.05, 0) is 80.0 Å². The van der Waals surface area contributed by atoms with Gasteiger partial charge in [-0.1, -0.05) is 32.1 Å². The predicted octanol–water partition coefficient (Wildman–Crippen LogP) is 6.25. The molecule has 5 unspecified atom stereocenters. The van der Waals surface area contributed by atoms with E-state index in [1.165, 1.54) is 12.8 Å². The van der Waals surface area contributed by atoms with E-state index in [0.717, 1.165) is 34.2 Å². The van der Waals surface area contributed by atoms with Gasteiger partial charge < -0.3 is 0 Å².